The van der Waals surface area contributed by atoms with Gasteiger partial charge in [0.1, 0.15) is 11.9 Å². The van der Waals surface area contributed by atoms with Gasteiger partial charge in [0.25, 0.3) is 0 Å². The number of aliphatic hydroxyl groups is 1. The molecule has 2 nitrogen and oxygen atoms in total. The van der Waals surface area contributed by atoms with E-state index in [2.05, 4.69) is 0 Å². The predicted octanol–water partition coefficient (Wildman–Crippen LogP) is 4.17. The number of aryl methyl sites for hydroxylation is 2. The second-order valence-corrected chi connectivity index (χ2v) is 5.44. The average molecular weight is 270 g/mol. The summed E-state index contributed by atoms with van der Waals surface area (Å²) >= 11 is 0. The van der Waals surface area contributed by atoms with Gasteiger partial charge in [-0.25, -0.2) is 0 Å². The lowest BCUT2D eigenvalue weighted by atomic mass is 9.93. The molecular weight excluding hydrogens is 248 g/mol. The van der Waals surface area contributed by atoms with Crippen molar-refractivity contribution in [2.75, 3.05) is 0 Å². The molecule has 2 aromatic carbocycles. The predicted molar refractivity (Wildman–Crippen MR) is 82.2 cm³/mol. The highest BCUT2D eigenvalue weighted by atomic mass is 16.5. The van der Waals surface area contributed by atoms with E-state index in [0.29, 0.717) is 0 Å². The standard InChI is InChI=1S/C18H22O2/c1-12(2)20-16-10-8-15(9-11-16)18(19)17-13(3)6-5-7-14(17)4/h5-12,18-19H,1-4H3. The molecule has 0 fully saturated rings. The molecule has 20 heavy (non-hydrogen) atoms. The summed E-state index contributed by atoms with van der Waals surface area (Å²) in [5, 5.41) is 10.6. The van der Waals surface area contributed by atoms with Crippen LogP contribution < -0.4 is 4.74 Å². The molecule has 2 rings (SSSR count). The first-order valence-electron chi connectivity index (χ1n) is 7.00. The Balaban J connectivity index is 2.27. The van der Waals surface area contributed by atoms with Crippen molar-refractivity contribution < 1.29 is 9.84 Å². The minimum atomic E-state index is -0.593. The summed E-state index contributed by atoms with van der Waals surface area (Å²) < 4.78 is 5.62. The molecular formula is C18H22O2. The first kappa shape index (κ1) is 14.6. The lowest BCUT2D eigenvalue weighted by Crippen LogP contribution is -2.07. The van der Waals surface area contributed by atoms with Gasteiger partial charge < -0.3 is 9.84 Å². The zero-order valence-electron chi connectivity index (χ0n) is 12.6. The van der Waals surface area contributed by atoms with Crippen LogP contribution in [0.1, 0.15) is 42.2 Å². The van der Waals surface area contributed by atoms with Gasteiger partial charge in [0, 0.05) is 0 Å². The summed E-state index contributed by atoms with van der Waals surface area (Å²) in [6.07, 6.45) is -0.436. The van der Waals surface area contributed by atoms with E-state index in [4.69, 9.17) is 4.74 Å². The van der Waals surface area contributed by atoms with E-state index in [-0.39, 0.29) is 6.10 Å². The summed E-state index contributed by atoms with van der Waals surface area (Å²) in [6, 6.07) is 13.7. The minimum Gasteiger partial charge on any atom is -0.491 e. The maximum atomic E-state index is 10.6. The first-order chi connectivity index (χ1) is 9.49. The van der Waals surface area contributed by atoms with E-state index in [0.717, 1.165) is 28.0 Å². The van der Waals surface area contributed by atoms with Gasteiger partial charge in [-0.05, 0) is 62.1 Å². The molecule has 0 saturated heterocycles. The van der Waals surface area contributed by atoms with Crippen molar-refractivity contribution in [1.82, 2.24) is 0 Å². The fourth-order valence-corrected chi connectivity index (χ4v) is 2.43. The number of ether oxygens (including phenoxy) is 1. The normalized spacial score (nSPS) is 12.5. The fourth-order valence-electron chi connectivity index (χ4n) is 2.43. The molecule has 0 aliphatic heterocycles. The Morgan fingerprint density at radius 1 is 0.900 bits per heavy atom. The third-order valence-electron chi connectivity index (χ3n) is 3.38. The molecule has 1 atom stereocenters. The fraction of sp³-hybridized carbons (Fsp3) is 0.333. The molecule has 0 saturated carbocycles. The topological polar surface area (TPSA) is 29.5 Å². The van der Waals surface area contributed by atoms with Crippen LogP contribution in [0.3, 0.4) is 0 Å². The molecule has 106 valence electrons. The number of hydrogen-bond donors (Lipinski definition) is 1. The van der Waals surface area contributed by atoms with E-state index in [1.54, 1.807) is 0 Å². The lowest BCUT2D eigenvalue weighted by Gasteiger charge is -2.17. The van der Waals surface area contributed by atoms with Crippen molar-refractivity contribution >= 4 is 0 Å². The largest absolute Gasteiger partial charge is 0.491 e. The van der Waals surface area contributed by atoms with Gasteiger partial charge in [-0.1, -0.05) is 30.3 Å². The monoisotopic (exact) mass is 270 g/mol. The second kappa shape index (κ2) is 6.10. The molecule has 0 spiro atoms. The van der Waals surface area contributed by atoms with Gasteiger partial charge in [-0.15, -0.1) is 0 Å². The summed E-state index contributed by atoms with van der Waals surface area (Å²) in [6.45, 7) is 8.06. The quantitative estimate of drug-likeness (QED) is 0.903. The summed E-state index contributed by atoms with van der Waals surface area (Å²) in [7, 11) is 0. The van der Waals surface area contributed by atoms with Gasteiger partial charge in [-0.2, -0.15) is 0 Å². The van der Waals surface area contributed by atoms with Crippen LogP contribution >= 0.6 is 0 Å². The van der Waals surface area contributed by atoms with Gasteiger partial charge >= 0.3 is 0 Å². The first-order valence-corrected chi connectivity index (χ1v) is 7.00. The molecule has 0 radical (unpaired) electrons. The SMILES string of the molecule is Cc1cccc(C)c1C(O)c1ccc(OC(C)C)cc1. The average Bonchev–Trinajstić information content (AvgIpc) is 2.38. The summed E-state index contributed by atoms with van der Waals surface area (Å²) in [4.78, 5) is 0. The lowest BCUT2D eigenvalue weighted by molar-refractivity contribution is 0.218. The van der Waals surface area contributed by atoms with Crippen molar-refractivity contribution in [3.63, 3.8) is 0 Å². The van der Waals surface area contributed by atoms with Crippen molar-refractivity contribution in [2.24, 2.45) is 0 Å². The van der Waals surface area contributed by atoms with Gasteiger partial charge in [-0.3, -0.25) is 0 Å². The van der Waals surface area contributed by atoms with E-state index in [9.17, 15) is 5.11 Å². The Morgan fingerprint density at radius 2 is 1.45 bits per heavy atom. The number of benzene rings is 2. The molecule has 2 aromatic rings. The highest BCUT2D eigenvalue weighted by Crippen LogP contribution is 2.28. The van der Waals surface area contributed by atoms with E-state index < -0.39 is 6.10 Å². The molecule has 0 aliphatic carbocycles. The third kappa shape index (κ3) is 3.20. The Labute approximate surface area is 121 Å². The van der Waals surface area contributed by atoms with Crippen molar-refractivity contribution in [1.29, 1.82) is 0 Å². The van der Waals surface area contributed by atoms with Crippen molar-refractivity contribution in [3.8, 4) is 5.75 Å². The molecule has 1 unspecified atom stereocenters. The Kier molecular flexibility index (Phi) is 4.46. The highest BCUT2D eigenvalue weighted by molar-refractivity contribution is 5.41. The van der Waals surface area contributed by atoms with Crippen LogP contribution in [0.2, 0.25) is 0 Å². The van der Waals surface area contributed by atoms with Gasteiger partial charge in [0.15, 0.2) is 0 Å². The molecule has 0 aliphatic rings. The number of hydrogen-bond acceptors (Lipinski definition) is 2. The van der Waals surface area contributed by atoms with Gasteiger partial charge in [0.2, 0.25) is 0 Å². The van der Waals surface area contributed by atoms with Crippen molar-refractivity contribution in [3.05, 3.63) is 64.7 Å². The smallest absolute Gasteiger partial charge is 0.119 e. The maximum Gasteiger partial charge on any atom is 0.119 e. The molecule has 0 amide bonds. The summed E-state index contributed by atoms with van der Waals surface area (Å²) in [5.74, 6) is 0.831. The third-order valence-corrected chi connectivity index (χ3v) is 3.38. The zero-order chi connectivity index (χ0) is 14.7. The summed E-state index contributed by atoms with van der Waals surface area (Å²) in [5.41, 5.74) is 4.10. The van der Waals surface area contributed by atoms with Crippen LogP contribution in [0.4, 0.5) is 0 Å². The number of rotatable bonds is 4. The molecule has 0 aromatic heterocycles. The van der Waals surface area contributed by atoms with Crippen LogP contribution in [0.25, 0.3) is 0 Å². The van der Waals surface area contributed by atoms with Crippen LogP contribution in [-0.2, 0) is 0 Å². The van der Waals surface area contributed by atoms with Crippen LogP contribution in [-0.4, -0.2) is 11.2 Å². The van der Waals surface area contributed by atoms with Crippen LogP contribution in [0.15, 0.2) is 42.5 Å². The Hall–Kier alpha value is -1.80. The van der Waals surface area contributed by atoms with E-state index in [1.165, 1.54) is 0 Å². The Morgan fingerprint density at radius 3 is 1.95 bits per heavy atom. The molecule has 2 heteroatoms. The van der Waals surface area contributed by atoms with Gasteiger partial charge in [0.05, 0.1) is 6.10 Å². The van der Waals surface area contributed by atoms with E-state index >= 15 is 0 Å². The highest BCUT2D eigenvalue weighted by Gasteiger charge is 2.15. The van der Waals surface area contributed by atoms with E-state index in [1.807, 2.05) is 70.2 Å². The van der Waals surface area contributed by atoms with Crippen LogP contribution in [0, 0.1) is 13.8 Å². The zero-order valence-corrected chi connectivity index (χ0v) is 12.6. The maximum absolute atomic E-state index is 10.6. The Bertz CT molecular complexity index is 550. The molecule has 0 bridgehead atoms. The van der Waals surface area contributed by atoms with Crippen LogP contribution in [0.5, 0.6) is 5.75 Å². The number of aliphatic hydroxyl groups excluding tert-OH is 1. The second-order valence-electron chi connectivity index (χ2n) is 5.44. The molecule has 0 heterocycles. The molecule has 1 N–H and O–H groups in total. The minimum absolute atomic E-state index is 0.157. The van der Waals surface area contributed by atoms with Crippen molar-refractivity contribution in [2.45, 2.75) is 39.9 Å².